The molecule has 2 aromatic rings. The first-order valence-corrected chi connectivity index (χ1v) is 8.95. The van der Waals surface area contributed by atoms with E-state index in [2.05, 4.69) is 15.9 Å². The van der Waals surface area contributed by atoms with Crippen molar-refractivity contribution in [1.82, 2.24) is 0 Å². The molecule has 0 fully saturated rings. The van der Waals surface area contributed by atoms with Gasteiger partial charge in [-0.2, -0.15) is 0 Å². The second kappa shape index (κ2) is 6.51. The maximum absolute atomic E-state index is 12.9. The van der Waals surface area contributed by atoms with Crippen LogP contribution in [0.3, 0.4) is 0 Å². The molecule has 0 heterocycles. The Kier molecular flexibility index (Phi) is 4.98. The van der Waals surface area contributed by atoms with Gasteiger partial charge in [-0.05, 0) is 23.3 Å². The molecule has 0 saturated carbocycles. The van der Waals surface area contributed by atoms with Gasteiger partial charge in [0.05, 0.1) is 6.16 Å². The molecule has 0 amide bonds. The largest absolute Gasteiger partial charge is 0.328 e. The third-order valence-electron chi connectivity index (χ3n) is 3.01. The Morgan fingerprint density at radius 2 is 1.58 bits per heavy atom. The van der Waals surface area contributed by atoms with Crippen molar-refractivity contribution in [2.75, 3.05) is 7.11 Å². The van der Waals surface area contributed by atoms with E-state index in [1.54, 1.807) is 0 Å². The maximum atomic E-state index is 12.9. The zero-order valence-electron chi connectivity index (χ0n) is 10.8. The Labute approximate surface area is 122 Å². The van der Waals surface area contributed by atoms with Crippen LogP contribution >= 0.6 is 23.3 Å². The molecule has 0 radical (unpaired) electrons. The van der Waals surface area contributed by atoms with Crippen molar-refractivity contribution in [3.63, 3.8) is 0 Å². The number of hydrogen-bond donors (Lipinski definition) is 0. The summed E-state index contributed by atoms with van der Waals surface area (Å²) < 4.78 is 18.2. The summed E-state index contributed by atoms with van der Waals surface area (Å²) in [5.74, 6) is 0. The minimum Gasteiger partial charge on any atom is -0.328 e. The van der Waals surface area contributed by atoms with Crippen LogP contribution in [0.1, 0.15) is 11.1 Å². The molecule has 0 aliphatic rings. The molecule has 2 nitrogen and oxygen atoms in total. The van der Waals surface area contributed by atoms with Crippen molar-refractivity contribution >= 4 is 28.6 Å². The normalized spacial score (nSPS) is 14.0. The van der Waals surface area contributed by atoms with E-state index in [4.69, 9.17) is 4.52 Å². The molecule has 0 aliphatic heterocycles. The Morgan fingerprint density at radius 1 is 1.00 bits per heavy atom. The van der Waals surface area contributed by atoms with E-state index in [0.717, 1.165) is 16.2 Å². The van der Waals surface area contributed by atoms with E-state index in [1.807, 2.05) is 54.6 Å². The SMILES string of the molecule is COP(=O)(Cc1ccc(CBr)cc1)c1ccccc1. The molecular formula is C15H16BrO2P. The van der Waals surface area contributed by atoms with Crippen LogP contribution in [0.25, 0.3) is 0 Å². The van der Waals surface area contributed by atoms with E-state index in [1.165, 1.54) is 12.7 Å². The summed E-state index contributed by atoms with van der Waals surface area (Å²) in [6.45, 7) is 0. The van der Waals surface area contributed by atoms with E-state index in [0.29, 0.717) is 6.16 Å². The summed E-state index contributed by atoms with van der Waals surface area (Å²) in [6, 6.07) is 17.5. The Morgan fingerprint density at radius 3 is 2.11 bits per heavy atom. The molecule has 0 aliphatic carbocycles. The minimum atomic E-state index is -2.81. The highest BCUT2D eigenvalue weighted by Crippen LogP contribution is 2.48. The molecule has 4 heteroatoms. The van der Waals surface area contributed by atoms with Crippen LogP contribution in [0.4, 0.5) is 0 Å². The van der Waals surface area contributed by atoms with Crippen LogP contribution < -0.4 is 5.30 Å². The average Bonchev–Trinajstić information content (AvgIpc) is 2.49. The van der Waals surface area contributed by atoms with Gasteiger partial charge in [-0.25, -0.2) is 0 Å². The standard InChI is InChI=1S/C15H16BrO2P/c1-18-19(17,15-5-3-2-4-6-15)12-14-9-7-13(11-16)8-10-14/h2-10H,11-12H2,1H3. The van der Waals surface area contributed by atoms with Gasteiger partial charge in [-0.15, -0.1) is 0 Å². The lowest BCUT2D eigenvalue weighted by atomic mass is 10.2. The molecular weight excluding hydrogens is 323 g/mol. The molecule has 0 N–H and O–H groups in total. The summed E-state index contributed by atoms with van der Waals surface area (Å²) in [7, 11) is -1.30. The monoisotopic (exact) mass is 338 g/mol. The van der Waals surface area contributed by atoms with Crippen LogP contribution in [0.2, 0.25) is 0 Å². The number of rotatable bonds is 5. The zero-order chi connectivity index (χ0) is 13.7. The van der Waals surface area contributed by atoms with Gasteiger partial charge in [0.25, 0.3) is 0 Å². The fourth-order valence-corrected chi connectivity index (χ4v) is 4.10. The second-order valence-corrected chi connectivity index (χ2v) is 7.41. The van der Waals surface area contributed by atoms with Gasteiger partial charge in [0.1, 0.15) is 0 Å². The highest BCUT2D eigenvalue weighted by atomic mass is 79.9. The molecule has 0 bridgehead atoms. The van der Waals surface area contributed by atoms with Crippen LogP contribution in [0.15, 0.2) is 54.6 Å². The van der Waals surface area contributed by atoms with Gasteiger partial charge in [-0.3, -0.25) is 4.57 Å². The predicted octanol–water partition coefficient (Wildman–Crippen LogP) is 4.33. The quantitative estimate of drug-likeness (QED) is 0.599. The topological polar surface area (TPSA) is 26.3 Å². The lowest BCUT2D eigenvalue weighted by Gasteiger charge is -2.16. The number of hydrogen-bond acceptors (Lipinski definition) is 2. The van der Waals surface area contributed by atoms with Crippen molar-refractivity contribution in [2.45, 2.75) is 11.5 Å². The number of halogens is 1. The van der Waals surface area contributed by atoms with Crippen LogP contribution in [0.5, 0.6) is 0 Å². The summed E-state index contributed by atoms with van der Waals surface area (Å²) in [4.78, 5) is 0. The lowest BCUT2D eigenvalue weighted by Crippen LogP contribution is -2.07. The van der Waals surface area contributed by atoms with Gasteiger partial charge in [-0.1, -0.05) is 58.4 Å². The van der Waals surface area contributed by atoms with Crippen LogP contribution in [0, 0.1) is 0 Å². The molecule has 19 heavy (non-hydrogen) atoms. The summed E-state index contributed by atoms with van der Waals surface area (Å²) in [5, 5.41) is 1.59. The Bertz CT molecular complexity index is 566. The van der Waals surface area contributed by atoms with E-state index in [9.17, 15) is 4.57 Å². The van der Waals surface area contributed by atoms with E-state index >= 15 is 0 Å². The maximum Gasteiger partial charge on any atom is 0.236 e. The highest BCUT2D eigenvalue weighted by molar-refractivity contribution is 9.08. The van der Waals surface area contributed by atoms with Crippen molar-refractivity contribution in [1.29, 1.82) is 0 Å². The number of benzene rings is 2. The fourth-order valence-electron chi connectivity index (χ4n) is 1.89. The second-order valence-electron chi connectivity index (χ2n) is 4.30. The van der Waals surface area contributed by atoms with E-state index < -0.39 is 7.37 Å². The molecule has 2 aromatic carbocycles. The summed E-state index contributed by atoms with van der Waals surface area (Å²) in [6.07, 6.45) is 0.427. The molecule has 2 rings (SSSR count). The molecule has 100 valence electrons. The third-order valence-corrected chi connectivity index (χ3v) is 6.12. The predicted molar refractivity (Wildman–Crippen MR) is 83.5 cm³/mol. The fraction of sp³-hybridized carbons (Fsp3) is 0.200. The van der Waals surface area contributed by atoms with Crippen LogP contribution in [-0.2, 0) is 20.6 Å². The van der Waals surface area contributed by atoms with Gasteiger partial charge in [0.2, 0.25) is 7.37 Å². The smallest absolute Gasteiger partial charge is 0.236 e. The molecule has 0 saturated heterocycles. The summed E-state index contributed by atoms with van der Waals surface area (Å²) >= 11 is 3.41. The Balaban J connectivity index is 2.25. The van der Waals surface area contributed by atoms with Crippen molar-refractivity contribution in [3.05, 3.63) is 65.7 Å². The first-order valence-electron chi connectivity index (χ1n) is 6.02. The van der Waals surface area contributed by atoms with Crippen molar-refractivity contribution in [2.24, 2.45) is 0 Å². The van der Waals surface area contributed by atoms with Gasteiger partial charge >= 0.3 is 0 Å². The first kappa shape index (κ1) is 14.5. The Hall–Kier alpha value is -0.890. The highest BCUT2D eigenvalue weighted by Gasteiger charge is 2.24. The van der Waals surface area contributed by atoms with E-state index in [-0.39, 0.29) is 0 Å². The summed E-state index contributed by atoms with van der Waals surface area (Å²) in [5.41, 5.74) is 2.23. The molecule has 1 atom stereocenters. The number of alkyl halides is 1. The van der Waals surface area contributed by atoms with Gasteiger partial charge in [0.15, 0.2) is 0 Å². The average molecular weight is 339 g/mol. The first-order chi connectivity index (χ1) is 9.18. The molecule has 0 aromatic heterocycles. The molecule has 0 spiro atoms. The minimum absolute atomic E-state index is 0.427. The van der Waals surface area contributed by atoms with Crippen molar-refractivity contribution < 1.29 is 9.09 Å². The van der Waals surface area contributed by atoms with Crippen molar-refractivity contribution in [3.8, 4) is 0 Å². The van der Waals surface area contributed by atoms with Crippen LogP contribution in [-0.4, -0.2) is 7.11 Å². The lowest BCUT2D eigenvalue weighted by molar-refractivity contribution is 0.402. The van der Waals surface area contributed by atoms with Gasteiger partial charge in [0, 0.05) is 17.7 Å². The van der Waals surface area contributed by atoms with Gasteiger partial charge < -0.3 is 4.52 Å². The zero-order valence-corrected chi connectivity index (χ0v) is 13.2. The molecule has 1 unspecified atom stereocenters. The third kappa shape index (κ3) is 3.56.